The average Bonchev–Trinajstić information content (AvgIpc) is 2.72. The molecule has 4 nitrogen and oxygen atoms in total. The molecule has 19 heavy (non-hydrogen) atoms. The molecular formula is C15H20N2O2. The van der Waals surface area contributed by atoms with Gasteiger partial charge in [0.15, 0.2) is 0 Å². The number of aryl methyl sites for hydroxylation is 2. The summed E-state index contributed by atoms with van der Waals surface area (Å²) in [6.07, 6.45) is 3.77. The molecule has 1 unspecified atom stereocenters. The number of aliphatic hydroxyl groups excluding tert-OH is 1. The molecule has 0 spiro atoms. The van der Waals surface area contributed by atoms with E-state index in [9.17, 15) is 9.90 Å². The van der Waals surface area contributed by atoms with Gasteiger partial charge in [-0.15, -0.1) is 0 Å². The third kappa shape index (κ3) is 2.96. The van der Waals surface area contributed by atoms with Gasteiger partial charge in [-0.25, -0.2) is 4.79 Å². The molecule has 2 rings (SSSR count). The van der Waals surface area contributed by atoms with E-state index in [2.05, 4.69) is 0 Å². The molecule has 0 saturated carbocycles. The molecular weight excluding hydrogens is 240 g/mol. The standard InChI is InChI=1S/C15H20N2O2/c1-3-8-16-9-10-17(15(16)19)11-14(18)13-7-5-4-6-12(13)2/h4-7,9-10,14,18H,3,8,11H2,1-2H3. The lowest BCUT2D eigenvalue weighted by molar-refractivity contribution is 0.154. The zero-order valence-corrected chi connectivity index (χ0v) is 11.4. The fraction of sp³-hybridized carbons (Fsp3) is 0.400. The van der Waals surface area contributed by atoms with Crippen LogP contribution in [0.4, 0.5) is 0 Å². The third-order valence-corrected chi connectivity index (χ3v) is 3.30. The number of aromatic nitrogens is 2. The molecule has 0 amide bonds. The van der Waals surface area contributed by atoms with Crippen molar-refractivity contribution in [3.63, 3.8) is 0 Å². The molecule has 4 heteroatoms. The smallest absolute Gasteiger partial charge is 0.328 e. The van der Waals surface area contributed by atoms with Gasteiger partial charge in [0.1, 0.15) is 0 Å². The summed E-state index contributed by atoms with van der Waals surface area (Å²) in [6, 6.07) is 7.70. The first-order valence-corrected chi connectivity index (χ1v) is 6.62. The van der Waals surface area contributed by atoms with Gasteiger partial charge < -0.3 is 5.11 Å². The minimum absolute atomic E-state index is 0.0607. The second-order valence-electron chi connectivity index (χ2n) is 4.80. The van der Waals surface area contributed by atoms with Crippen molar-refractivity contribution >= 4 is 0 Å². The number of benzene rings is 1. The van der Waals surface area contributed by atoms with Gasteiger partial charge >= 0.3 is 5.69 Å². The number of nitrogens with zero attached hydrogens (tertiary/aromatic N) is 2. The Bertz CT molecular complexity index is 598. The number of hydrogen-bond donors (Lipinski definition) is 1. The molecule has 1 atom stereocenters. The molecule has 0 aliphatic carbocycles. The molecule has 1 aromatic heterocycles. The Morgan fingerprint density at radius 2 is 1.89 bits per heavy atom. The Labute approximate surface area is 112 Å². The van der Waals surface area contributed by atoms with Crippen LogP contribution in [0.3, 0.4) is 0 Å². The highest BCUT2D eigenvalue weighted by molar-refractivity contribution is 5.27. The predicted molar refractivity (Wildman–Crippen MR) is 75.1 cm³/mol. The second-order valence-corrected chi connectivity index (χ2v) is 4.80. The summed E-state index contributed by atoms with van der Waals surface area (Å²) in [6.45, 7) is 5.00. The zero-order valence-electron chi connectivity index (χ0n) is 11.4. The fourth-order valence-electron chi connectivity index (χ4n) is 2.25. The van der Waals surface area contributed by atoms with E-state index in [1.165, 1.54) is 0 Å². The Balaban J connectivity index is 2.18. The van der Waals surface area contributed by atoms with Gasteiger partial charge in [0.25, 0.3) is 0 Å². The molecule has 0 bridgehead atoms. The zero-order chi connectivity index (χ0) is 13.8. The topological polar surface area (TPSA) is 47.2 Å². The van der Waals surface area contributed by atoms with E-state index in [1.54, 1.807) is 21.5 Å². The quantitative estimate of drug-likeness (QED) is 0.895. The summed E-state index contributed by atoms with van der Waals surface area (Å²) >= 11 is 0. The summed E-state index contributed by atoms with van der Waals surface area (Å²) in [4.78, 5) is 12.0. The van der Waals surface area contributed by atoms with Crippen molar-refractivity contribution in [1.29, 1.82) is 0 Å². The number of rotatable bonds is 5. The molecule has 1 N–H and O–H groups in total. The van der Waals surface area contributed by atoms with Crippen molar-refractivity contribution in [2.45, 2.75) is 39.5 Å². The molecule has 0 fully saturated rings. The van der Waals surface area contributed by atoms with Gasteiger partial charge in [-0.1, -0.05) is 31.2 Å². The van der Waals surface area contributed by atoms with E-state index >= 15 is 0 Å². The molecule has 1 aromatic carbocycles. The molecule has 1 heterocycles. The lowest BCUT2D eigenvalue weighted by Crippen LogP contribution is -2.26. The van der Waals surface area contributed by atoms with Crippen molar-refractivity contribution < 1.29 is 5.11 Å². The first kappa shape index (κ1) is 13.6. The minimum Gasteiger partial charge on any atom is -0.387 e. The summed E-state index contributed by atoms with van der Waals surface area (Å²) < 4.78 is 3.23. The maximum Gasteiger partial charge on any atom is 0.328 e. The van der Waals surface area contributed by atoms with Crippen molar-refractivity contribution in [2.75, 3.05) is 0 Å². The van der Waals surface area contributed by atoms with E-state index in [4.69, 9.17) is 0 Å². The molecule has 102 valence electrons. The van der Waals surface area contributed by atoms with Crippen LogP contribution in [0.5, 0.6) is 0 Å². The predicted octanol–water partition coefficient (Wildman–Crippen LogP) is 2.10. The molecule has 0 radical (unpaired) electrons. The largest absolute Gasteiger partial charge is 0.387 e. The van der Waals surface area contributed by atoms with Gasteiger partial charge in [-0.2, -0.15) is 0 Å². The van der Waals surface area contributed by atoms with E-state index in [0.29, 0.717) is 13.1 Å². The minimum atomic E-state index is -0.656. The summed E-state index contributed by atoms with van der Waals surface area (Å²) in [5.74, 6) is 0. The summed E-state index contributed by atoms with van der Waals surface area (Å²) in [7, 11) is 0. The van der Waals surface area contributed by atoms with Gasteiger partial charge in [0, 0.05) is 18.9 Å². The monoisotopic (exact) mass is 260 g/mol. The lowest BCUT2D eigenvalue weighted by atomic mass is 10.0. The van der Waals surface area contributed by atoms with Gasteiger partial charge in [-0.05, 0) is 24.5 Å². The van der Waals surface area contributed by atoms with Crippen molar-refractivity contribution in [3.05, 3.63) is 58.3 Å². The molecule has 0 aliphatic rings. The van der Waals surface area contributed by atoms with Crippen molar-refractivity contribution in [3.8, 4) is 0 Å². The number of imidazole rings is 1. The van der Waals surface area contributed by atoms with Crippen LogP contribution in [0.25, 0.3) is 0 Å². The highest BCUT2D eigenvalue weighted by atomic mass is 16.3. The maximum absolute atomic E-state index is 12.0. The first-order valence-electron chi connectivity index (χ1n) is 6.62. The van der Waals surface area contributed by atoms with Crippen LogP contribution in [-0.2, 0) is 13.1 Å². The number of hydrogen-bond acceptors (Lipinski definition) is 2. The van der Waals surface area contributed by atoms with Crippen molar-refractivity contribution in [1.82, 2.24) is 9.13 Å². The van der Waals surface area contributed by atoms with E-state index in [-0.39, 0.29) is 5.69 Å². The van der Waals surface area contributed by atoms with Crippen LogP contribution in [0.2, 0.25) is 0 Å². The Kier molecular flexibility index (Phi) is 4.22. The summed E-state index contributed by atoms with van der Waals surface area (Å²) in [5.41, 5.74) is 1.85. The summed E-state index contributed by atoms with van der Waals surface area (Å²) in [5, 5.41) is 10.2. The fourth-order valence-corrected chi connectivity index (χ4v) is 2.25. The van der Waals surface area contributed by atoms with E-state index < -0.39 is 6.10 Å². The highest BCUT2D eigenvalue weighted by Gasteiger charge is 2.12. The maximum atomic E-state index is 12.0. The lowest BCUT2D eigenvalue weighted by Gasteiger charge is -2.13. The van der Waals surface area contributed by atoms with Crippen LogP contribution < -0.4 is 5.69 Å². The highest BCUT2D eigenvalue weighted by Crippen LogP contribution is 2.18. The Morgan fingerprint density at radius 3 is 2.58 bits per heavy atom. The Hall–Kier alpha value is -1.81. The Morgan fingerprint density at radius 1 is 1.21 bits per heavy atom. The van der Waals surface area contributed by atoms with E-state index in [0.717, 1.165) is 17.5 Å². The van der Waals surface area contributed by atoms with Crippen LogP contribution >= 0.6 is 0 Å². The first-order chi connectivity index (χ1) is 9.13. The molecule has 0 aliphatic heterocycles. The van der Waals surface area contributed by atoms with Crippen LogP contribution in [-0.4, -0.2) is 14.2 Å². The van der Waals surface area contributed by atoms with Gasteiger partial charge in [0.2, 0.25) is 0 Å². The molecule has 2 aromatic rings. The second kappa shape index (κ2) is 5.89. The van der Waals surface area contributed by atoms with Gasteiger partial charge in [0.05, 0.1) is 12.6 Å². The third-order valence-electron chi connectivity index (χ3n) is 3.30. The van der Waals surface area contributed by atoms with Crippen LogP contribution in [0.1, 0.15) is 30.6 Å². The van der Waals surface area contributed by atoms with E-state index in [1.807, 2.05) is 38.1 Å². The van der Waals surface area contributed by atoms with Gasteiger partial charge in [-0.3, -0.25) is 9.13 Å². The normalized spacial score (nSPS) is 12.6. The van der Waals surface area contributed by atoms with Crippen LogP contribution in [0.15, 0.2) is 41.5 Å². The van der Waals surface area contributed by atoms with Crippen molar-refractivity contribution in [2.24, 2.45) is 0 Å². The number of aliphatic hydroxyl groups is 1. The van der Waals surface area contributed by atoms with Crippen LogP contribution in [0, 0.1) is 6.92 Å². The SMILES string of the molecule is CCCn1ccn(CC(O)c2ccccc2C)c1=O. The average molecular weight is 260 g/mol. The molecule has 0 saturated heterocycles.